The number of hydrogen-bond acceptors (Lipinski definition) is 2. The van der Waals surface area contributed by atoms with Gasteiger partial charge in [0, 0.05) is 0 Å². The molecule has 8 heteroatoms. The molecule has 0 aliphatic rings. The highest BCUT2D eigenvalue weighted by atomic mass is 35.5. The van der Waals surface area contributed by atoms with Crippen LogP contribution in [0.2, 0.25) is 5.22 Å². The van der Waals surface area contributed by atoms with Crippen LogP contribution in [0.15, 0.2) is 16.5 Å². The lowest BCUT2D eigenvalue weighted by atomic mass is 10.3. The van der Waals surface area contributed by atoms with Crippen molar-refractivity contribution in [2.45, 2.75) is 12.3 Å². The Hall–Kier alpha value is -1.24. The van der Waals surface area contributed by atoms with Gasteiger partial charge in [-0.2, -0.15) is 8.78 Å². The third-order valence-electron chi connectivity index (χ3n) is 1.60. The van der Waals surface area contributed by atoms with E-state index in [-0.39, 0.29) is 11.0 Å². The van der Waals surface area contributed by atoms with E-state index in [1.807, 2.05) is 0 Å². The Labute approximate surface area is 92.4 Å². The number of furan rings is 1. The first-order chi connectivity index (χ1) is 7.33. The van der Waals surface area contributed by atoms with Crippen LogP contribution in [0.3, 0.4) is 0 Å². The minimum Gasteiger partial charge on any atom is -0.440 e. The molecule has 90 valence electrons. The lowest BCUT2D eigenvalue weighted by molar-refractivity contribution is -0.123. The second-order valence-corrected chi connectivity index (χ2v) is 3.22. The van der Waals surface area contributed by atoms with Crippen LogP contribution in [0.4, 0.5) is 17.6 Å². The zero-order chi connectivity index (χ0) is 12.3. The Bertz CT molecular complexity index is 380. The summed E-state index contributed by atoms with van der Waals surface area (Å²) in [7, 11) is 0. The largest absolute Gasteiger partial charge is 0.440 e. The summed E-state index contributed by atoms with van der Waals surface area (Å²) in [5.74, 6) is -5.63. The fraction of sp³-hybridized carbons (Fsp3) is 0.375. The van der Waals surface area contributed by atoms with Gasteiger partial charge in [-0.05, 0) is 23.7 Å². The monoisotopic (exact) mass is 259 g/mol. The Morgan fingerprint density at radius 2 is 2.12 bits per heavy atom. The smallest absolute Gasteiger partial charge is 0.324 e. The third-order valence-corrected chi connectivity index (χ3v) is 1.80. The van der Waals surface area contributed by atoms with Crippen molar-refractivity contribution in [1.29, 1.82) is 0 Å². The summed E-state index contributed by atoms with van der Waals surface area (Å²) in [6.07, 6.45) is -3.84. The summed E-state index contributed by atoms with van der Waals surface area (Å²) in [5.41, 5.74) is 0. The number of nitrogens with one attached hydrogen (secondary N) is 1. The van der Waals surface area contributed by atoms with Crippen molar-refractivity contribution in [3.05, 3.63) is 23.1 Å². The van der Waals surface area contributed by atoms with Crippen molar-refractivity contribution in [3.63, 3.8) is 0 Å². The Kier molecular flexibility index (Phi) is 3.79. The second-order valence-electron chi connectivity index (χ2n) is 2.85. The molecule has 0 saturated heterocycles. The van der Waals surface area contributed by atoms with Crippen molar-refractivity contribution < 1.29 is 26.8 Å². The van der Waals surface area contributed by atoms with Crippen LogP contribution in [0.5, 0.6) is 0 Å². The maximum Gasteiger partial charge on any atom is 0.324 e. The molecule has 0 unspecified atom stereocenters. The van der Waals surface area contributed by atoms with Gasteiger partial charge in [0.1, 0.15) is 0 Å². The minimum atomic E-state index is -4.27. The van der Waals surface area contributed by atoms with Crippen LogP contribution < -0.4 is 5.32 Å². The Balaban J connectivity index is 2.54. The highest BCUT2D eigenvalue weighted by molar-refractivity contribution is 6.29. The van der Waals surface area contributed by atoms with Crippen molar-refractivity contribution in [3.8, 4) is 0 Å². The number of carbonyl (C=O) groups is 1. The van der Waals surface area contributed by atoms with Crippen molar-refractivity contribution >= 4 is 17.5 Å². The molecule has 0 aromatic carbocycles. The number of hydrogen-bond donors (Lipinski definition) is 1. The zero-order valence-electron chi connectivity index (χ0n) is 7.65. The van der Waals surface area contributed by atoms with Gasteiger partial charge < -0.3 is 9.73 Å². The molecule has 0 spiro atoms. The molecule has 0 atom stereocenters. The van der Waals surface area contributed by atoms with E-state index < -0.39 is 24.8 Å². The Morgan fingerprint density at radius 3 is 2.56 bits per heavy atom. The fourth-order valence-electron chi connectivity index (χ4n) is 0.799. The maximum absolute atomic E-state index is 12.4. The number of rotatable bonds is 4. The first kappa shape index (κ1) is 12.8. The van der Waals surface area contributed by atoms with E-state index >= 15 is 0 Å². The molecule has 1 rings (SSSR count). The fourth-order valence-corrected chi connectivity index (χ4v) is 0.945. The second kappa shape index (κ2) is 4.73. The topological polar surface area (TPSA) is 42.2 Å². The van der Waals surface area contributed by atoms with Gasteiger partial charge in [0.05, 0.1) is 6.54 Å². The van der Waals surface area contributed by atoms with E-state index in [0.29, 0.717) is 0 Å². The quantitative estimate of drug-likeness (QED) is 0.845. The van der Waals surface area contributed by atoms with Gasteiger partial charge in [0.25, 0.3) is 5.91 Å². The molecule has 3 nitrogen and oxygen atoms in total. The van der Waals surface area contributed by atoms with Crippen molar-refractivity contribution in [1.82, 2.24) is 5.32 Å². The molecule has 0 fully saturated rings. The van der Waals surface area contributed by atoms with Crippen LogP contribution in [0.25, 0.3) is 0 Å². The predicted molar refractivity (Wildman–Crippen MR) is 47.0 cm³/mol. The van der Waals surface area contributed by atoms with Crippen molar-refractivity contribution in [2.75, 3.05) is 6.54 Å². The molecule has 0 saturated carbocycles. The molecule has 1 N–H and O–H groups in total. The Morgan fingerprint density at radius 1 is 1.50 bits per heavy atom. The van der Waals surface area contributed by atoms with E-state index in [1.165, 1.54) is 6.07 Å². The summed E-state index contributed by atoms with van der Waals surface area (Å²) in [6.45, 7) is -1.47. The minimum absolute atomic E-state index is 0.106. The lowest BCUT2D eigenvalue weighted by Gasteiger charge is -2.14. The zero-order valence-corrected chi connectivity index (χ0v) is 8.40. The number of halogens is 5. The molecule has 0 radical (unpaired) electrons. The van der Waals surface area contributed by atoms with Crippen LogP contribution in [-0.2, 0) is 0 Å². The molecule has 1 heterocycles. The van der Waals surface area contributed by atoms with Gasteiger partial charge in [-0.15, -0.1) is 0 Å². The SMILES string of the molecule is O=C(NCC(F)(F)C(F)F)c1ccc(Cl)o1. The van der Waals surface area contributed by atoms with Crippen LogP contribution in [-0.4, -0.2) is 24.8 Å². The highest BCUT2D eigenvalue weighted by Crippen LogP contribution is 2.21. The molecule has 1 aromatic heterocycles. The predicted octanol–water partition coefficient (Wildman–Crippen LogP) is 2.56. The van der Waals surface area contributed by atoms with Crippen LogP contribution in [0, 0.1) is 0 Å². The van der Waals surface area contributed by atoms with E-state index in [9.17, 15) is 22.4 Å². The average molecular weight is 260 g/mol. The first-order valence-electron chi connectivity index (χ1n) is 4.02. The summed E-state index contributed by atoms with van der Waals surface area (Å²) < 4.78 is 52.9. The summed E-state index contributed by atoms with van der Waals surface area (Å²) >= 11 is 5.33. The first-order valence-corrected chi connectivity index (χ1v) is 4.40. The van der Waals surface area contributed by atoms with E-state index in [4.69, 9.17) is 11.6 Å². The van der Waals surface area contributed by atoms with Gasteiger partial charge in [0.15, 0.2) is 11.0 Å². The summed E-state index contributed by atoms with van der Waals surface area (Å²) in [5, 5.41) is 1.51. The standard InChI is InChI=1S/C8H6ClF4NO2/c9-5-2-1-4(16-5)6(15)14-3-8(12,13)7(10)11/h1-2,7H,3H2,(H,14,15). The number of alkyl halides is 4. The lowest BCUT2D eigenvalue weighted by Crippen LogP contribution is -2.41. The number of amides is 1. The van der Waals surface area contributed by atoms with Crippen molar-refractivity contribution in [2.24, 2.45) is 0 Å². The maximum atomic E-state index is 12.4. The van der Waals surface area contributed by atoms with Crippen LogP contribution >= 0.6 is 11.6 Å². The molecular weight excluding hydrogens is 254 g/mol. The van der Waals surface area contributed by atoms with Gasteiger partial charge >= 0.3 is 12.3 Å². The van der Waals surface area contributed by atoms with Gasteiger partial charge in [-0.1, -0.05) is 0 Å². The summed E-state index contributed by atoms with van der Waals surface area (Å²) in [4.78, 5) is 11.1. The third kappa shape index (κ3) is 3.13. The molecule has 16 heavy (non-hydrogen) atoms. The van der Waals surface area contributed by atoms with Gasteiger partial charge in [-0.3, -0.25) is 4.79 Å². The van der Waals surface area contributed by atoms with E-state index in [2.05, 4.69) is 4.42 Å². The molecule has 0 aliphatic carbocycles. The summed E-state index contributed by atoms with van der Waals surface area (Å²) in [6, 6.07) is 2.36. The normalized spacial score (nSPS) is 11.9. The molecular formula is C8H6ClF4NO2. The molecule has 1 aromatic rings. The number of carbonyl (C=O) groups excluding carboxylic acids is 1. The van der Waals surface area contributed by atoms with Gasteiger partial charge in [0.2, 0.25) is 0 Å². The molecule has 1 amide bonds. The van der Waals surface area contributed by atoms with Gasteiger partial charge in [-0.25, -0.2) is 8.78 Å². The van der Waals surface area contributed by atoms with E-state index in [0.717, 1.165) is 6.07 Å². The van der Waals surface area contributed by atoms with Crippen LogP contribution in [0.1, 0.15) is 10.6 Å². The average Bonchev–Trinajstić information content (AvgIpc) is 2.61. The molecule has 0 bridgehead atoms. The highest BCUT2D eigenvalue weighted by Gasteiger charge is 2.41. The molecule has 0 aliphatic heterocycles. The van der Waals surface area contributed by atoms with E-state index in [1.54, 1.807) is 5.32 Å².